The summed E-state index contributed by atoms with van der Waals surface area (Å²) in [7, 11) is 0. The van der Waals surface area contributed by atoms with Crippen molar-refractivity contribution in [2.45, 2.75) is 33.1 Å². The lowest BCUT2D eigenvalue weighted by molar-refractivity contribution is 0.199. The normalized spacial score (nSPS) is 16.3. The maximum Gasteiger partial charge on any atom is 0.222 e. The SMILES string of the molecule is C=CC=NC(=C(C)C)C1(CNc2ncc(Br)cn2)CCC1. The van der Waals surface area contributed by atoms with E-state index >= 15 is 0 Å². The molecule has 1 aromatic heterocycles. The zero-order chi connectivity index (χ0) is 15.3. The van der Waals surface area contributed by atoms with Crippen molar-refractivity contribution in [1.82, 2.24) is 9.97 Å². The largest absolute Gasteiger partial charge is 0.353 e. The highest BCUT2D eigenvalue weighted by Crippen LogP contribution is 2.48. The molecule has 0 unspecified atom stereocenters. The van der Waals surface area contributed by atoms with Gasteiger partial charge in [-0.25, -0.2) is 9.97 Å². The van der Waals surface area contributed by atoms with Gasteiger partial charge in [-0.15, -0.1) is 0 Å². The minimum atomic E-state index is 0.0920. The third-order valence-corrected chi connectivity index (χ3v) is 4.21. The van der Waals surface area contributed by atoms with Crippen LogP contribution >= 0.6 is 15.9 Å². The fraction of sp³-hybridized carbons (Fsp3) is 0.438. The number of halogens is 1. The highest BCUT2D eigenvalue weighted by atomic mass is 79.9. The molecule has 0 atom stereocenters. The summed E-state index contributed by atoms with van der Waals surface area (Å²) < 4.78 is 0.881. The van der Waals surface area contributed by atoms with Crippen molar-refractivity contribution in [2.24, 2.45) is 10.4 Å². The highest BCUT2D eigenvalue weighted by molar-refractivity contribution is 9.10. The van der Waals surface area contributed by atoms with E-state index in [0.29, 0.717) is 5.95 Å². The second-order valence-corrected chi connectivity index (χ2v) is 6.49. The summed E-state index contributed by atoms with van der Waals surface area (Å²) in [5.41, 5.74) is 2.51. The van der Waals surface area contributed by atoms with E-state index in [0.717, 1.165) is 23.9 Å². The Morgan fingerprint density at radius 3 is 2.57 bits per heavy atom. The van der Waals surface area contributed by atoms with E-state index in [-0.39, 0.29) is 5.41 Å². The van der Waals surface area contributed by atoms with Gasteiger partial charge in [0.2, 0.25) is 5.95 Å². The number of allylic oxidation sites excluding steroid dienone is 2. The second-order valence-electron chi connectivity index (χ2n) is 5.57. The molecule has 1 aliphatic carbocycles. The summed E-state index contributed by atoms with van der Waals surface area (Å²) in [6.07, 6.45) is 10.5. The van der Waals surface area contributed by atoms with Crippen molar-refractivity contribution in [1.29, 1.82) is 0 Å². The lowest BCUT2D eigenvalue weighted by Gasteiger charge is -2.43. The van der Waals surface area contributed by atoms with E-state index in [9.17, 15) is 0 Å². The van der Waals surface area contributed by atoms with Crippen LogP contribution in [0, 0.1) is 5.41 Å². The minimum absolute atomic E-state index is 0.0920. The monoisotopic (exact) mass is 348 g/mol. The van der Waals surface area contributed by atoms with Gasteiger partial charge in [0, 0.05) is 36.3 Å². The van der Waals surface area contributed by atoms with Crippen LogP contribution in [0.4, 0.5) is 5.95 Å². The summed E-state index contributed by atoms with van der Waals surface area (Å²) >= 11 is 3.34. The Morgan fingerprint density at radius 2 is 2.10 bits per heavy atom. The first-order valence-electron chi connectivity index (χ1n) is 7.12. The molecule has 0 aliphatic heterocycles. The molecule has 2 rings (SSSR count). The van der Waals surface area contributed by atoms with Gasteiger partial charge in [0.1, 0.15) is 0 Å². The third kappa shape index (κ3) is 3.79. The molecule has 1 saturated carbocycles. The first-order valence-corrected chi connectivity index (χ1v) is 7.91. The topological polar surface area (TPSA) is 50.2 Å². The van der Waals surface area contributed by atoms with Gasteiger partial charge in [-0.1, -0.05) is 24.6 Å². The minimum Gasteiger partial charge on any atom is -0.353 e. The van der Waals surface area contributed by atoms with Crippen LogP contribution in [-0.2, 0) is 0 Å². The van der Waals surface area contributed by atoms with Gasteiger partial charge in [-0.3, -0.25) is 4.99 Å². The van der Waals surface area contributed by atoms with Gasteiger partial charge in [-0.2, -0.15) is 0 Å². The summed E-state index contributed by atoms with van der Waals surface area (Å²) in [4.78, 5) is 13.1. The highest BCUT2D eigenvalue weighted by Gasteiger charge is 2.41. The number of nitrogens with one attached hydrogen (secondary N) is 1. The van der Waals surface area contributed by atoms with E-state index in [1.54, 1.807) is 24.7 Å². The number of anilines is 1. The van der Waals surface area contributed by atoms with E-state index in [1.807, 2.05) is 0 Å². The van der Waals surface area contributed by atoms with Gasteiger partial charge >= 0.3 is 0 Å². The summed E-state index contributed by atoms with van der Waals surface area (Å²) in [6, 6.07) is 0. The molecule has 1 heterocycles. The first-order chi connectivity index (χ1) is 10.1. The van der Waals surface area contributed by atoms with Crippen LogP contribution < -0.4 is 5.32 Å². The molecule has 0 saturated heterocycles. The second kappa shape index (κ2) is 6.98. The molecule has 0 spiro atoms. The molecule has 1 aromatic rings. The molecule has 112 valence electrons. The quantitative estimate of drug-likeness (QED) is 0.776. The molecular weight excluding hydrogens is 328 g/mol. The van der Waals surface area contributed by atoms with Crippen LogP contribution in [0.2, 0.25) is 0 Å². The molecule has 4 nitrogen and oxygen atoms in total. The van der Waals surface area contributed by atoms with Gasteiger partial charge in [0.15, 0.2) is 0 Å². The smallest absolute Gasteiger partial charge is 0.222 e. The van der Waals surface area contributed by atoms with E-state index in [2.05, 4.69) is 56.6 Å². The first kappa shape index (κ1) is 15.9. The van der Waals surface area contributed by atoms with Crippen LogP contribution in [0.15, 0.2) is 45.8 Å². The fourth-order valence-corrected chi connectivity index (χ4v) is 2.88. The van der Waals surface area contributed by atoms with E-state index in [1.165, 1.54) is 17.7 Å². The molecule has 0 amide bonds. The van der Waals surface area contributed by atoms with Gasteiger partial charge in [-0.05, 0) is 42.6 Å². The number of hydrogen-bond acceptors (Lipinski definition) is 4. The average molecular weight is 349 g/mol. The van der Waals surface area contributed by atoms with Crippen molar-refractivity contribution in [3.8, 4) is 0 Å². The Hall–Kier alpha value is -1.49. The van der Waals surface area contributed by atoms with Crippen molar-refractivity contribution in [3.63, 3.8) is 0 Å². The van der Waals surface area contributed by atoms with E-state index < -0.39 is 0 Å². The number of aromatic nitrogens is 2. The predicted octanol–water partition coefficient (Wildman–Crippen LogP) is 4.37. The number of aliphatic imine (C=N–C) groups is 1. The van der Waals surface area contributed by atoms with Crippen molar-refractivity contribution >= 4 is 28.1 Å². The lowest BCUT2D eigenvalue weighted by atomic mass is 9.65. The van der Waals surface area contributed by atoms with Gasteiger partial charge < -0.3 is 5.32 Å². The summed E-state index contributed by atoms with van der Waals surface area (Å²) in [5, 5.41) is 3.35. The Bertz CT molecular complexity index is 552. The van der Waals surface area contributed by atoms with Gasteiger partial charge in [0.25, 0.3) is 0 Å². The van der Waals surface area contributed by atoms with Crippen molar-refractivity contribution in [3.05, 3.63) is 40.8 Å². The number of nitrogens with zero attached hydrogens (tertiary/aromatic N) is 3. The molecule has 0 aromatic carbocycles. The summed E-state index contributed by atoms with van der Waals surface area (Å²) in [6.45, 7) is 8.75. The average Bonchev–Trinajstić information content (AvgIpc) is 2.42. The Balaban J connectivity index is 2.13. The predicted molar refractivity (Wildman–Crippen MR) is 91.6 cm³/mol. The lowest BCUT2D eigenvalue weighted by Crippen LogP contribution is -2.38. The van der Waals surface area contributed by atoms with Gasteiger partial charge in [0.05, 0.1) is 4.47 Å². The zero-order valence-corrected chi connectivity index (χ0v) is 14.2. The maximum absolute atomic E-state index is 4.61. The van der Waals surface area contributed by atoms with Crippen molar-refractivity contribution in [2.75, 3.05) is 11.9 Å². The molecule has 1 aliphatic rings. The van der Waals surface area contributed by atoms with Crippen molar-refractivity contribution < 1.29 is 0 Å². The zero-order valence-electron chi connectivity index (χ0n) is 12.6. The van der Waals surface area contributed by atoms with Crippen LogP contribution in [0.3, 0.4) is 0 Å². The maximum atomic E-state index is 4.61. The standard InChI is InChI=1S/C16H21BrN4/c1-4-8-18-14(12(2)3)16(6-5-7-16)11-21-15-19-9-13(17)10-20-15/h4,8-10H,1,5-7,11H2,2-3H3,(H,19,20,21). The molecule has 1 fully saturated rings. The van der Waals surface area contributed by atoms with Crippen LogP contribution in [0.25, 0.3) is 0 Å². The molecule has 0 radical (unpaired) electrons. The van der Waals surface area contributed by atoms with Crippen LogP contribution in [0.1, 0.15) is 33.1 Å². The van der Waals surface area contributed by atoms with E-state index in [4.69, 9.17) is 0 Å². The summed E-state index contributed by atoms with van der Waals surface area (Å²) in [5.74, 6) is 0.658. The molecular formula is C16H21BrN4. The van der Waals surface area contributed by atoms with Crippen LogP contribution in [0.5, 0.6) is 0 Å². The van der Waals surface area contributed by atoms with Crippen LogP contribution in [-0.4, -0.2) is 22.7 Å². The fourth-order valence-electron chi connectivity index (χ4n) is 2.68. The number of rotatable bonds is 6. The molecule has 0 bridgehead atoms. The molecule has 1 N–H and O–H groups in total. The molecule has 21 heavy (non-hydrogen) atoms. The number of hydrogen-bond donors (Lipinski definition) is 1. The Morgan fingerprint density at radius 1 is 1.43 bits per heavy atom. The Kier molecular flexibility index (Phi) is 5.28. The molecule has 5 heteroatoms. The third-order valence-electron chi connectivity index (χ3n) is 3.80. The Labute approximate surface area is 134 Å².